The van der Waals surface area contributed by atoms with Gasteiger partial charge in [0.15, 0.2) is 0 Å². The molecule has 8 aromatic carbocycles. The maximum absolute atomic E-state index is 3.65. The molecule has 1 aliphatic carbocycles. The van der Waals surface area contributed by atoms with Gasteiger partial charge in [-0.1, -0.05) is 174 Å². The number of hydrogen-bond donors (Lipinski definition) is 0. The van der Waals surface area contributed by atoms with Crippen LogP contribution >= 0.6 is 15.9 Å². The first-order valence-corrected chi connectivity index (χ1v) is 19.2. The van der Waals surface area contributed by atoms with Crippen molar-refractivity contribution in [3.8, 4) is 39.1 Å². The van der Waals surface area contributed by atoms with Crippen molar-refractivity contribution in [2.24, 2.45) is 0 Å². The molecule has 0 atom stereocenters. The van der Waals surface area contributed by atoms with Gasteiger partial charge in [0, 0.05) is 20.8 Å². The second-order valence-corrected chi connectivity index (χ2v) is 14.7. The zero-order chi connectivity index (χ0) is 36.6. The summed E-state index contributed by atoms with van der Waals surface area (Å²) in [6.45, 7) is 5.25. The lowest BCUT2D eigenvalue weighted by molar-refractivity contribution is 0.768. The zero-order valence-corrected chi connectivity index (χ0v) is 31.7. The number of rotatable bonds is 5. The highest BCUT2D eigenvalue weighted by Gasteiger charge is 2.47. The number of nitrogens with zero attached hydrogens (tertiary/aromatic N) is 1. The molecule has 0 saturated heterocycles. The van der Waals surface area contributed by atoms with E-state index in [0.717, 1.165) is 4.47 Å². The molecule has 1 nitrogen and oxygen atoms in total. The Morgan fingerprint density at radius 1 is 0.481 bits per heavy atom. The van der Waals surface area contributed by atoms with E-state index < -0.39 is 5.41 Å². The highest BCUT2D eigenvalue weighted by atomic mass is 79.9. The zero-order valence-electron chi connectivity index (χ0n) is 30.1. The van der Waals surface area contributed by atoms with E-state index in [1.54, 1.807) is 6.08 Å². The van der Waals surface area contributed by atoms with Crippen LogP contribution in [0.25, 0.3) is 60.9 Å². The van der Waals surface area contributed by atoms with E-state index in [2.05, 4.69) is 221 Å². The second-order valence-electron chi connectivity index (χ2n) is 13.8. The molecule has 0 unspecified atom stereocenters. The van der Waals surface area contributed by atoms with E-state index in [1.807, 2.05) is 6.92 Å². The third-order valence-corrected chi connectivity index (χ3v) is 11.2. The van der Waals surface area contributed by atoms with Crippen LogP contribution in [0.5, 0.6) is 0 Å². The summed E-state index contributed by atoms with van der Waals surface area (Å²) in [5.41, 5.74) is 15.7. The van der Waals surface area contributed by atoms with Crippen molar-refractivity contribution in [2.75, 3.05) is 0 Å². The summed E-state index contributed by atoms with van der Waals surface area (Å²) >= 11 is 3.65. The fourth-order valence-corrected chi connectivity index (χ4v) is 9.02. The Hall–Kier alpha value is -6.22. The van der Waals surface area contributed by atoms with Crippen molar-refractivity contribution in [2.45, 2.75) is 12.3 Å². The average Bonchev–Trinajstić information content (AvgIpc) is 3.72. The Kier molecular flexibility index (Phi) is 8.69. The van der Waals surface area contributed by atoms with Crippen molar-refractivity contribution >= 4 is 37.7 Å². The van der Waals surface area contributed by atoms with E-state index >= 15 is 0 Å². The highest BCUT2D eigenvalue weighted by Crippen LogP contribution is 2.58. The molecule has 0 saturated carbocycles. The molecule has 0 spiro atoms. The summed E-state index contributed by atoms with van der Waals surface area (Å²) in [6.07, 6.45) is 1.75. The Bertz CT molecular complexity index is 2770. The molecule has 10 rings (SSSR count). The maximum Gasteiger partial charge on any atom is 0.0714 e. The van der Waals surface area contributed by atoms with Gasteiger partial charge < -0.3 is 4.57 Å². The quantitative estimate of drug-likeness (QED) is 0.154. The van der Waals surface area contributed by atoms with Crippen LogP contribution in [-0.2, 0) is 5.41 Å². The van der Waals surface area contributed by atoms with Gasteiger partial charge in [-0.15, -0.1) is 6.58 Å². The van der Waals surface area contributed by atoms with Gasteiger partial charge in [0.05, 0.1) is 22.1 Å². The summed E-state index contributed by atoms with van der Waals surface area (Å²) in [5, 5.41) is 2.50. The third kappa shape index (κ3) is 5.37. The van der Waals surface area contributed by atoms with E-state index in [9.17, 15) is 0 Å². The fraction of sp³-hybridized carbons (Fsp3) is 0.0385. The molecule has 0 aliphatic heterocycles. The Balaban J connectivity index is 0.00000124. The van der Waals surface area contributed by atoms with E-state index in [1.165, 1.54) is 83.1 Å². The van der Waals surface area contributed by atoms with Gasteiger partial charge >= 0.3 is 0 Å². The smallest absolute Gasteiger partial charge is 0.0714 e. The lowest BCUT2D eigenvalue weighted by Gasteiger charge is -2.34. The van der Waals surface area contributed by atoms with Crippen molar-refractivity contribution in [1.29, 1.82) is 0 Å². The van der Waals surface area contributed by atoms with Crippen LogP contribution in [0.3, 0.4) is 0 Å². The molecule has 0 amide bonds. The van der Waals surface area contributed by atoms with E-state index in [4.69, 9.17) is 0 Å². The lowest BCUT2D eigenvalue weighted by atomic mass is 9.68. The molecule has 0 N–H and O–H groups in total. The van der Waals surface area contributed by atoms with Gasteiger partial charge in [0.25, 0.3) is 0 Å². The molecule has 0 bridgehead atoms. The normalized spacial score (nSPS) is 12.5. The Morgan fingerprint density at radius 2 is 1.02 bits per heavy atom. The van der Waals surface area contributed by atoms with E-state index in [-0.39, 0.29) is 0 Å². The van der Waals surface area contributed by atoms with Crippen LogP contribution < -0.4 is 0 Å². The van der Waals surface area contributed by atoms with Crippen LogP contribution in [0, 0.1) is 0 Å². The first-order chi connectivity index (χ1) is 26.6. The number of fused-ring (bicyclic) bond motifs is 6. The SMILES string of the molecule is Brc1cccc(-c2cccc(-c3ccc4c(c3)c3ccccc3n4-c3cccc4c3-c3ccccc3C4(c3ccccc3)c3ccccc3)c2)c1.C=CC. The van der Waals surface area contributed by atoms with Gasteiger partial charge in [-0.3, -0.25) is 0 Å². The van der Waals surface area contributed by atoms with Gasteiger partial charge in [-0.25, -0.2) is 0 Å². The van der Waals surface area contributed by atoms with Gasteiger partial charge in [0.1, 0.15) is 0 Å². The number of halogens is 1. The third-order valence-electron chi connectivity index (χ3n) is 10.7. The number of allylic oxidation sites excluding steroid dienone is 1. The molecule has 9 aromatic rings. The summed E-state index contributed by atoms with van der Waals surface area (Å²) in [6, 6.07) is 71.2. The molecule has 1 aromatic heterocycles. The summed E-state index contributed by atoms with van der Waals surface area (Å²) < 4.78 is 3.58. The molecule has 54 heavy (non-hydrogen) atoms. The van der Waals surface area contributed by atoms with Crippen molar-refractivity contribution in [3.63, 3.8) is 0 Å². The van der Waals surface area contributed by atoms with Gasteiger partial charge in [-0.2, -0.15) is 0 Å². The average molecular weight is 757 g/mol. The standard InChI is InChI=1S/C49H32BrN.C3H6/c50-39-21-12-16-35(31-39)33-14-11-15-34(30-33)36-28-29-46-42(32-36)40-22-8-10-26-45(40)51(46)47-27-13-25-44-48(47)41-23-7-9-24-43(41)49(44,37-17-3-1-4-18-37)38-19-5-2-6-20-38;1-3-2/h1-32H;3H,1H2,2H3. The molecular formula is C52H38BrN. The van der Waals surface area contributed by atoms with Crippen LogP contribution in [0.2, 0.25) is 0 Å². The second kappa shape index (κ2) is 14.0. The predicted molar refractivity (Wildman–Crippen MR) is 233 cm³/mol. The van der Waals surface area contributed by atoms with Crippen LogP contribution in [-0.4, -0.2) is 4.57 Å². The summed E-state index contributed by atoms with van der Waals surface area (Å²) in [7, 11) is 0. The lowest BCUT2D eigenvalue weighted by Crippen LogP contribution is -2.28. The minimum atomic E-state index is -0.449. The highest BCUT2D eigenvalue weighted by molar-refractivity contribution is 9.10. The van der Waals surface area contributed by atoms with Gasteiger partial charge in [0.2, 0.25) is 0 Å². The molecule has 2 heteroatoms. The fourth-order valence-electron chi connectivity index (χ4n) is 8.62. The number of benzene rings is 8. The van der Waals surface area contributed by atoms with Crippen molar-refractivity contribution in [3.05, 3.63) is 234 Å². The van der Waals surface area contributed by atoms with Crippen molar-refractivity contribution < 1.29 is 0 Å². The summed E-state index contributed by atoms with van der Waals surface area (Å²) in [4.78, 5) is 0. The van der Waals surface area contributed by atoms with Gasteiger partial charge in [-0.05, 0) is 99.5 Å². The number of aromatic nitrogens is 1. The molecule has 258 valence electrons. The monoisotopic (exact) mass is 755 g/mol. The first kappa shape index (κ1) is 33.6. The molecule has 1 aliphatic rings. The first-order valence-electron chi connectivity index (χ1n) is 18.4. The number of para-hydroxylation sites is 1. The van der Waals surface area contributed by atoms with Crippen LogP contribution in [0.1, 0.15) is 29.2 Å². The largest absolute Gasteiger partial charge is 0.309 e. The Labute approximate surface area is 325 Å². The minimum Gasteiger partial charge on any atom is -0.309 e. The maximum atomic E-state index is 3.65. The predicted octanol–water partition coefficient (Wildman–Crippen LogP) is 14.4. The van der Waals surface area contributed by atoms with Crippen LogP contribution in [0.15, 0.2) is 211 Å². The molecular weight excluding hydrogens is 718 g/mol. The molecule has 0 radical (unpaired) electrons. The summed E-state index contributed by atoms with van der Waals surface area (Å²) in [5.74, 6) is 0. The molecule has 0 fully saturated rings. The number of hydrogen-bond acceptors (Lipinski definition) is 0. The minimum absolute atomic E-state index is 0.449. The van der Waals surface area contributed by atoms with E-state index in [0.29, 0.717) is 0 Å². The van der Waals surface area contributed by atoms with Crippen LogP contribution in [0.4, 0.5) is 0 Å². The van der Waals surface area contributed by atoms with Crippen molar-refractivity contribution in [1.82, 2.24) is 4.57 Å². The Morgan fingerprint density at radius 3 is 1.72 bits per heavy atom. The topological polar surface area (TPSA) is 4.93 Å². The molecule has 1 heterocycles.